The predicted molar refractivity (Wildman–Crippen MR) is 79.4 cm³/mol. The Hall–Kier alpha value is -2.14. The molecule has 2 aromatic carbocycles. The number of hydrogen-bond acceptors (Lipinski definition) is 3. The topological polar surface area (TPSA) is 69.4 Å². The molecule has 0 bridgehead atoms. The van der Waals surface area contributed by atoms with Gasteiger partial charge in [-0.15, -0.1) is 0 Å². The molecular formula is C15H12BrNO3. The number of rotatable bonds is 3. The van der Waals surface area contributed by atoms with Gasteiger partial charge in [-0.05, 0) is 41.5 Å². The number of benzene rings is 2. The molecule has 0 aliphatic carbocycles. The Morgan fingerprint density at radius 1 is 1.05 bits per heavy atom. The summed E-state index contributed by atoms with van der Waals surface area (Å²) < 4.78 is 5.43. The Bertz CT molecular complexity index is 683. The van der Waals surface area contributed by atoms with Crippen molar-refractivity contribution in [1.29, 1.82) is 0 Å². The SMILES string of the molecule is COC(=O)c1cccc(-c2cc(Br)cc(C(N)=O)c2)c1. The maximum atomic E-state index is 11.5. The van der Waals surface area contributed by atoms with E-state index in [0.29, 0.717) is 11.1 Å². The van der Waals surface area contributed by atoms with Gasteiger partial charge in [0.15, 0.2) is 0 Å². The third-order valence-electron chi connectivity index (χ3n) is 2.80. The Labute approximate surface area is 124 Å². The van der Waals surface area contributed by atoms with Gasteiger partial charge in [-0.25, -0.2) is 4.79 Å². The van der Waals surface area contributed by atoms with Crippen LogP contribution in [-0.4, -0.2) is 19.0 Å². The zero-order chi connectivity index (χ0) is 14.7. The average Bonchev–Trinajstić information content (AvgIpc) is 2.45. The zero-order valence-corrected chi connectivity index (χ0v) is 12.3. The number of nitrogens with two attached hydrogens (primary N) is 1. The average molecular weight is 334 g/mol. The molecule has 0 spiro atoms. The molecule has 0 fully saturated rings. The Morgan fingerprint density at radius 2 is 1.75 bits per heavy atom. The largest absolute Gasteiger partial charge is 0.465 e. The van der Waals surface area contributed by atoms with Crippen LogP contribution in [0.2, 0.25) is 0 Å². The molecule has 20 heavy (non-hydrogen) atoms. The van der Waals surface area contributed by atoms with Crippen LogP contribution < -0.4 is 5.73 Å². The zero-order valence-electron chi connectivity index (χ0n) is 10.7. The molecule has 0 unspecified atom stereocenters. The van der Waals surface area contributed by atoms with Gasteiger partial charge >= 0.3 is 5.97 Å². The van der Waals surface area contributed by atoms with E-state index < -0.39 is 11.9 Å². The molecule has 2 rings (SSSR count). The van der Waals surface area contributed by atoms with Gasteiger partial charge in [0, 0.05) is 10.0 Å². The van der Waals surface area contributed by atoms with E-state index in [0.717, 1.165) is 15.6 Å². The van der Waals surface area contributed by atoms with Crippen LogP contribution in [0.25, 0.3) is 11.1 Å². The summed E-state index contributed by atoms with van der Waals surface area (Å²) in [5.41, 5.74) is 7.74. The van der Waals surface area contributed by atoms with Crippen molar-refractivity contribution in [2.24, 2.45) is 5.73 Å². The second kappa shape index (κ2) is 5.88. The lowest BCUT2D eigenvalue weighted by Gasteiger charge is -2.07. The Balaban J connectivity index is 2.51. The quantitative estimate of drug-likeness (QED) is 0.878. The fraction of sp³-hybridized carbons (Fsp3) is 0.0667. The number of amides is 1. The normalized spacial score (nSPS) is 10.1. The fourth-order valence-corrected chi connectivity index (χ4v) is 2.34. The van der Waals surface area contributed by atoms with Gasteiger partial charge in [-0.2, -0.15) is 0 Å². The van der Waals surface area contributed by atoms with Gasteiger partial charge in [-0.1, -0.05) is 28.1 Å². The third kappa shape index (κ3) is 3.05. The molecular weight excluding hydrogens is 322 g/mol. The summed E-state index contributed by atoms with van der Waals surface area (Å²) in [6.45, 7) is 0. The van der Waals surface area contributed by atoms with Crippen LogP contribution in [0.4, 0.5) is 0 Å². The number of carbonyl (C=O) groups is 2. The first kappa shape index (κ1) is 14.3. The highest BCUT2D eigenvalue weighted by molar-refractivity contribution is 9.10. The van der Waals surface area contributed by atoms with E-state index in [9.17, 15) is 9.59 Å². The van der Waals surface area contributed by atoms with Crippen LogP contribution in [0.15, 0.2) is 46.9 Å². The summed E-state index contributed by atoms with van der Waals surface area (Å²) in [6.07, 6.45) is 0. The van der Waals surface area contributed by atoms with E-state index in [4.69, 9.17) is 10.5 Å². The van der Waals surface area contributed by atoms with Crippen molar-refractivity contribution in [1.82, 2.24) is 0 Å². The van der Waals surface area contributed by atoms with Crippen molar-refractivity contribution in [3.8, 4) is 11.1 Å². The molecule has 0 aliphatic heterocycles. The monoisotopic (exact) mass is 333 g/mol. The number of ether oxygens (including phenoxy) is 1. The highest BCUT2D eigenvalue weighted by Gasteiger charge is 2.09. The first-order valence-electron chi connectivity index (χ1n) is 5.80. The lowest BCUT2D eigenvalue weighted by Crippen LogP contribution is -2.10. The maximum Gasteiger partial charge on any atom is 0.337 e. The minimum atomic E-state index is -0.503. The molecule has 0 atom stereocenters. The number of carbonyl (C=O) groups excluding carboxylic acids is 2. The van der Waals surface area contributed by atoms with Gasteiger partial charge in [0.05, 0.1) is 12.7 Å². The van der Waals surface area contributed by atoms with Crippen molar-refractivity contribution in [2.45, 2.75) is 0 Å². The molecule has 0 heterocycles. The van der Waals surface area contributed by atoms with Crippen molar-refractivity contribution in [3.05, 3.63) is 58.1 Å². The summed E-state index contributed by atoms with van der Waals surface area (Å²) in [4.78, 5) is 22.8. The minimum Gasteiger partial charge on any atom is -0.465 e. The van der Waals surface area contributed by atoms with E-state index in [-0.39, 0.29) is 0 Å². The molecule has 0 saturated heterocycles. The van der Waals surface area contributed by atoms with Crippen LogP contribution in [-0.2, 0) is 4.74 Å². The summed E-state index contributed by atoms with van der Waals surface area (Å²) in [6, 6.07) is 12.2. The summed E-state index contributed by atoms with van der Waals surface area (Å²) >= 11 is 3.34. The molecule has 102 valence electrons. The van der Waals surface area contributed by atoms with E-state index in [1.54, 1.807) is 30.3 Å². The molecule has 0 aliphatic rings. The first-order valence-corrected chi connectivity index (χ1v) is 6.59. The molecule has 2 aromatic rings. The molecule has 0 saturated carbocycles. The number of primary amides is 1. The van der Waals surface area contributed by atoms with Crippen LogP contribution in [0.1, 0.15) is 20.7 Å². The van der Waals surface area contributed by atoms with E-state index in [1.807, 2.05) is 12.1 Å². The van der Waals surface area contributed by atoms with Crippen molar-refractivity contribution in [3.63, 3.8) is 0 Å². The lowest BCUT2D eigenvalue weighted by molar-refractivity contribution is 0.0600. The Morgan fingerprint density at radius 3 is 2.40 bits per heavy atom. The van der Waals surface area contributed by atoms with Gasteiger partial charge in [0.2, 0.25) is 5.91 Å². The molecule has 5 heteroatoms. The van der Waals surface area contributed by atoms with Crippen molar-refractivity contribution in [2.75, 3.05) is 7.11 Å². The fourth-order valence-electron chi connectivity index (χ4n) is 1.84. The molecule has 4 nitrogen and oxygen atoms in total. The summed E-state index contributed by atoms with van der Waals surface area (Å²) in [5, 5.41) is 0. The number of hydrogen-bond donors (Lipinski definition) is 1. The standard InChI is InChI=1S/C15H12BrNO3/c1-20-15(19)10-4-2-3-9(5-10)11-6-12(14(17)18)8-13(16)7-11/h2-8H,1H3,(H2,17,18). The summed E-state index contributed by atoms with van der Waals surface area (Å²) in [7, 11) is 1.33. The van der Waals surface area contributed by atoms with Crippen LogP contribution >= 0.6 is 15.9 Å². The molecule has 0 aromatic heterocycles. The molecule has 2 N–H and O–H groups in total. The van der Waals surface area contributed by atoms with Crippen molar-refractivity contribution >= 4 is 27.8 Å². The van der Waals surface area contributed by atoms with Gasteiger partial charge in [0.1, 0.15) is 0 Å². The van der Waals surface area contributed by atoms with Crippen LogP contribution in [0.3, 0.4) is 0 Å². The van der Waals surface area contributed by atoms with E-state index in [2.05, 4.69) is 15.9 Å². The number of methoxy groups -OCH3 is 1. The minimum absolute atomic E-state index is 0.401. The smallest absolute Gasteiger partial charge is 0.337 e. The second-order valence-corrected chi connectivity index (χ2v) is 5.08. The lowest BCUT2D eigenvalue weighted by atomic mass is 10.0. The van der Waals surface area contributed by atoms with Crippen LogP contribution in [0.5, 0.6) is 0 Å². The second-order valence-electron chi connectivity index (χ2n) is 4.17. The third-order valence-corrected chi connectivity index (χ3v) is 3.26. The molecule has 0 radical (unpaired) electrons. The number of halogens is 1. The first-order chi connectivity index (χ1) is 9.51. The van der Waals surface area contributed by atoms with Gasteiger partial charge in [-0.3, -0.25) is 4.79 Å². The maximum absolute atomic E-state index is 11.5. The van der Waals surface area contributed by atoms with E-state index in [1.165, 1.54) is 7.11 Å². The summed E-state index contributed by atoms with van der Waals surface area (Å²) in [5.74, 6) is -0.909. The Kier molecular flexibility index (Phi) is 4.20. The highest BCUT2D eigenvalue weighted by atomic mass is 79.9. The number of esters is 1. The highest BCUT2D eigenvalue weighted by Crippen LogP contribution is 2.26. The van der Waals surface area contributed by atoms with Crippen molar-refractivity contribution < 1.29 is 14.3 Å². The van der Waals surface area contributed by atoms with Gasteiger partial charge in [0.25, 0.3) is 0 Å². The predicted octanol–water partition coefficient (Wildman–Crippen LogP) is 3.00. The van der Waals surface area contributed by atoms with Gasteiger partial charge < -0.3 is 10.5 Å². The molecule has 1 amide bonds. The van der Waals surface area contributed by atoms with E-state index >= 15 is 0 Å². The van der Waals surface area contributed by atoms with Crippen LogP contribution in [0, 0.1) is 0 Å².